The van der Waals surface area contributed by atoms with Crippen LogP contribution in [-0.4, -0.2) is 60.3 Å². The van der Waals surface area contributed by atoms with Gasteiger partial charge in [0.1, 0.15) is 19.0 Å². The van der Waals surface area contributed by atoms with Crippen molar-refractivity contribution in [3.63, 3.8) is 0 Å². The predicted octanol–water partition coefficient (Wildman–Crippen LogP) is 4.17. The molecule has 0 aliphatic carbocycles. The van der Waals surface area contributed by atoms with Gasteiger partial charge in [-0.1, -0.05) is 42.5 Å². The topological polar surface area (TPSA) is 62.2 Å². The number of ether oxygens (including phenoxy) is 2. The van der Waals surface area contributed by atoms with Crippen LogP contribution in [0.4, 0.5) is 4.79 Å². The minimum absolute atomic E-state index is 0.00760. The van der Waals surface area contributed by atoms with E-state index in [0.717, 1.165) is 42.7 Å². The molecule has 0 saturated carbocycles. The largest absolute Gasteiger partial charge is 0.492 e. The zero-order chi connectivity index (χ0) is 22.6. The number of hydrogen-bond acceptors (Lipinski definition) is 5. The van der Waals surface area contributed by atoms with E-state index in [4.69, 9.17) is 9.47 Å². The van der Waals surface area contributed by atoms with E-state index in [1.807, 2.05) is 73.6 Å². The van der Waals surface area contributed by atoms with Crippen LogP contribution in [0.3, 0.4) is 0 Å². The van der Waals surface area contributed by atoms with E-state index in [0.29, 0.717) is 19.4 Å². The van der Waals surface area contributed by atoms with Gasteiger partial charge in [0.15, 0.2) is 0 Å². The summed E-state index contributed by atoms with van der Waals surface area (Å²) in [7, 11) is 4.03. The fourth-order valence-corrected chi connectivity index (χ4v) is 4.96. The zero-order valence-corrected chi connectivity index (χ0v) is 19.1. The molecule has 172 valence electrons. The van der Waals surface area contributed by atoms with E-state index in [1.165, 1.54) is 0 Å². The summed E-state index contributed by atoms with van der Waals surface area (Å²) in [6, 6.07) is 17.5. The van der Waals surface area contributed by atoms with Gasteiger partial charge in [0.05, 0.1) is 5.60 Å². The molecule has 0 spiro atoms. The monoisotopic (exact) mass is 438 g/mol. The van der Waals surface area contributed by atoms with Crippen molar-refractivity contribution in [1.82, 2.24) is 9.80 Å². The van der Waals surface area contributed by atoms with Crippen LogP contribution in [0.2, 0.25) is 0 Å². The number of piperidine rings is 2. The maximum atomic E-state index is 12.9. The third kappa shape index (κ3) is 5.25. The van der Waals surface area contributed by atoms with E-state index in [9.17, 15) is 9.90 Å². The number of fused-ring (bicyclic) bond motifs is 2. The molecule has 1 N–H and O–H groups in total. The van der Waals surface area contributed by atoms with Gasteiger partial charge in [0.25, 0.3) is 0 Å². The van der Waals surface area contributed by atoms with Gasteiger partial charge in [-0.2, -0.15) is 0 Å². The molecule has 2 saturated heterocycles. The SMILES string of the molecule is CN(C)CCOc1ccc(C2(O)CC3CCCC(C2)N3C(=O)OCc2ccccc2)cc1. The first-order chi connectivity index (χ1) is 15.4. The fraction of sp³-hybridized carbons (Fsp3) is 0.500. The lowest BCUT2D eigenvalue weighted by Crippen LogP contribution is -2.58. The lowest BCUT2D eigenvalue weighted by Gasteiger charge is -2.51. The standard InChI is InChI=1S/C26H34N2O4/c1-27(2)15-16-31-24-13-11-21(12-14-24)26(30)17-22-9-6-10-23(18-26)28(22)25(29)32-19-20-7-4-3-5-8-20/h3-5,7-8,11-14,22-23,30H,6,9-10,15-19H2,1-2H3. The molecule has 2 aromatic carbocycles. The smallest absolute Gasteiger partial charge is 0.410 e. The van der Waals surface area contributed by atoms with Crippen molar-refractivity contribution >= 4 is 6.09 Å². The molecule has 2 atom stereocenters. The first kappa shape index (κ1) is 22.6. The summed E-state index contributed by atoms with van der Waals surface area (Å²) < 4.78 is 11.4. The molecule has 0 aromatic heterocycles. The molecule has 32 heavy (non-hydrogen) atoms. The lowest BCUT2D eigenvalue weighted by molar-refractivity contribution is -0.0896. The highest BCUT2D eigenvalue weighted by atomic mass is 16.6. The quantitative estimate of drug-likeness (QED) is 0.703. The molecule has 2 unspecified atom stereocenters. The second-order valence-electron chi connectivity index (χ2n) is 9.30. The minimum Gasteiger partial charge on any atom is -0.492 e. The number of amides is 1. The van der Waals surface area contributed by atoms with Crippen LogP contribution >= 0.6 is 0 Å². The maximum Gasteiger partial charge on any atom is 0.410 e. The third-order valence-corrected chi connectivity index (χ3v) is 6.62. The summed E-state index contributed by atoms with van der Waals surface area (Å²) >= 11 is 0. The van der Waals surface area contributed by atoms with E-state index >= 15 is 0 Å². The van der Waals surface area contributed by atoms with Gasteiger partial charge in [-0.3, -0.25) is 0 Å². The van der Waals surface area contributed by atoms with Crippen molar-refractivity contribution in [2.45, 2.75) is 56.4 Å². The summed E-state index contributed by atoms with van der Waals surface area (Å²) in [4.78, 5) is 16.9. The molecule has 2 aliphatic heterocycles. The first-order valence-corrected chi connectivity index (χ1v) is 11.5. The van der Waals surface area contributed by atoms with Crippen LogP contribution in [0.1, 0.15) is 43.2 Å². The Bertz CT molecular complexity index is 870. The van der Waals surface area contributed by atoms with Crippen LogP contribution in [0, 0.1) is 0 Å². The number of carbonyl (C=O) groups excluding carboxylic acids is 1. The normalized spacial score (nSPS) is 24.9. The minimum atomic E-state index is -0.936. The van der Waals surface area contributed by atoms with Gasteiger partial charge in [-0.05, 0) is 56.6 Å². The third-order valence-electron chi connectivity index (χ3n) is 6.62. The van der Waals surface area contributed by atoms with Gasteiger partial charge in [0, 0.05) is 31.5 Å². The lowest BCUT2D eigenvalue weighted by atomic mass is 9.72. The zero-order valence-electron chi connectivity index (χ0n) is 19.1. The number of aliphatic hydroxyl groups is 1. The Hall–Kier alpha value is -2.57. The van der Waals surface area contributed by atoms with Crippen LogP contribution < -0.4 is 4.74 Å². The number of nitrogens with zero attached hydrogens (tertiary/aromatic N) is 2. The summed E-state index contributed by atoms with van der Waals surface area (Å²) in [6.07, 6.45) is 3.66. The average molecular weight is 439 g/mol. The molecule has 2 aliphatic rings. The van der Waals surface area contributed by atoms with Gasteiger partial charge in [-0.25, -0.2) is 4.79 Å². The number of likely N-dealkylation sites (N-methyl/N-ethyl adjacent to an activating group) is 1. The summed E-state index contributed by atoms with van der Waals surface area (Å²) in [5.41, 5.74) is 0.938. The molecule has 2 fully saturated rings. The first-order valence-electron chi connectivity index (χ1n) is 11.5. The van der Waals surface area contributed by atoms with Crippen molar-refractivity contribution in [2.75, 3.05) is 27.2 Å². The Kier molecular flexibility index (Phi) is 7.01. The molecule has 2 aromatic rings. The highest BCUT2D eigenvalue weighted by Gasteiger charge is 2.48. The average Bonchev–Trinajstić information content (AvgIpc) is 2.78. The highest BCUT2D eigenvalue weighted by molar-refractivity contribution is 5.69. The summed E-state index contributed by atoms with van der Waals surface area (Å²) in [5.74, 6) is 0.807. The van der Waals surface area contributed by atoms with E-state index < -0.39 is 5.60 Å². The van der Waals surface area contributed by atoms with E-state index in [-0.39, 0.29) is 24.8 Å². The molecule has 1 amide bonds. The summed E-state index contributed by atoms with van der Waals surface area (Å²) in [5, 5.41) is 11.6. The maximum absolute atomic E-state index is 12.9. The predicted molar refractivity (Wildman–Crippen MR) is 124 cm³/mol. The van der Waals surface area contributed by atoms with Crippen LogP contribution in [0.15, 0.2) is 54.6 Å². The van der Waals surface area contributed by atoms with E-state index in [1.54, 1.807) is 0 Å². The second-order valence-corrected chi connectivity index (χ2v) is 9.30. The Morgan fingerprint density at radius 3 is 2.34 bits per heavy atom. The van der Waals surface area contributed by atoms with Crippen molar-refractivity contribution in [2.24, 2.45) is 0 Å². The van der Waals surface area contributed by atoms with Crippen LogP contribution in [0.5, 0.6) is 5.75 Å². The Balaban J connectivity index is 1.40. The molecule has 4 rings (SSSR count). The van der Waals surface area contributed by atoms with Crippen molar-refractivity contribution in [3.05, 3.63) is 65.7 Å². The molecule has 0 radical (unpaired) electrons. The molecular weight excluding hydrogens is 404 g/mol. The van der Waals surface area contributed by atoms with E-state index in [2.05, 4.69) is 4.90 Å². The van der Waals surface area contributed by atoms with Gasteiger partial charge >= 0.3 is 6.09 Å². The molecule has 6 nitrogen and oxygen atoms in total. The number of carbonyl (C=O) groups is 1. The number of hydrogen-bond donors (Lipinski definition) is 1. The number of rotatable bonds is 7. The molecular formula is C26H34N2O4. The van der Waals surface area contributed by atoms with Gasteiger partial charge in [-0.15, -0.1) is 0 Å². The van der Waals surface area contributed by atoms with Crippen molar-refractivity contribution in [1.29, 1.82) is 0 Å². The molecule has 2 heterocycles. The highest BCUT2D eigenvalue weighted by Crippen LogP contribution is 2.44. The van der Waals surface area contributed by atoms with Crippen LogP contribution in [0.25, 0.3) is 0 Å². The summed E-state index contributed by atoms with van der Waals surface area (Å²) in [6.45, 7) is 1.75. The Morgan fingerprint density at radius 2 is 1.72 bits per heavy atom. The van der Waals surface area contributed by atoms with Crippen LogP contribution in [-0.2, 0) is 16.9 Å². The molecule has 6 heteroatoms. The fourth-order valence-electron chi connectivity index (χ4n) is 4.96. The Morgan fingerprint density at radius 1 is 1.06 bits per heavy atom. The van der Waals surface area contributed by atoms with Gasteiger partial charge in [0.2, 0.25) is 0 Å². The second kappa shape index (κ2) is 9.92. The van der Waals surface area contributed by atoms with Gasteiger partial charge < -0.3 is 24.4 Å². The Labute approximate surface area is 190 Å². The molecule has 2 bridgehead atoms. The van der Waals surface area contributed by atoms with Crippen molar-refractivity contribution in [3.8, 4) is 5.75 Å². The van der Waals surface area contributed by atoms with Crippen molar-refractivity contribution < 1.29 is 19.4 Å². The number of benzene rings is 2.